The molecule has 0 heterocycles. The minimum absolute atomic E-state index is 0.134. The van der Waals surface area contributed by atoms with Crippen molar-refractivity contribution >= 4 is 46.4 Å². The standard InChI is InChI=1S/C16H14Cl2N2O4/c17-7-15(23)19-11-3-1-9(5-13(11)21)10-2-4-12(14(22)6-10)20-16(24)8-18/h1-6,21-22H,7-8H2,(H,19,23)(H,20,24). The molecule has 0 fully saturated rings. The van der Waals surface area contributed by atoms with Gasteiger partial charge in [0, 0.05) is 0 Å². The molecule has 0 saturated carbocycles. The summed E-state index contributed by atoms with van der Waals surface area (Å²) in [6, 6.07) is 9.25. The van der Waals surface area contributed by atoms with Gasteiger partial charge in [0.05, 0.1) is 11.4 Å². The lowest BCUT2D eigenvalue weighted by Crippen LogP contribution is -2.12. The van der Waals surface area contributed by atoms with Crippen LogP contribution in [0.2, 0.25) is 0 Å². The highest BCUT2D eigenvalue weighted by atomic mass is 35.5. The van der Waals surface area contributed by atoms with E-state index in [4.69, 9.17) is 23.2 Å². The summed E-state index contributed by atoms with van der Waals surface area (Å²) in [5, 5.41) is 24.9. The fraction of sp³-hybridized carbons (Fsp3) is 0.125. The van der Waals surface area contributed by atoms with E-state index in [0.717, 1.165) is 0 Å². The minimum Gasteiger partial charge on any atom is -0.506 e. The van der Waals surface area contributed by atoms with Crippen LogP contribution in [0.15, 0.2) is 36.4 Å². The van der Waals surface area contributed by atoms with Crippen molar-refractivity contribution in [2.45, 2.75) is 0 Å². The summed E-state index contributed by atoms with van der Waals surface area (Å²) in [5.74, 6) is -1.57. The number of carbonyl (C=O) groups excluding carboxylic acids is 2. The van der Waals surface area contributed by atoms with Crippen molar-refractivity contribution in [3.8, 4) is 22.6 Å². The second-order valence-electron chi connectivity index (χ2n) is 4.83. The monoisotopic (exact) mass is 368 g/mol. The Balaban J connectivity index is 2.25. The van der Waals surface area contributed by atoms with E-state index in [1.165, 1.54) is 24.3 Å². The third kappa shape index (κ3) is 4.31. The second-order valence-corrected chi connectivity index (χ2v) is 5.36. The van der Waals surface area contributed by atoms with Crippen molar-refractivity contribution in [3.05, 3.63) is 36.4 Å². The minimum atomic E-state index is -0.434. The van der Waals surface area contributed by atoms with Crippen molar-refractivity contribution in [3.63, 3.8) is 0 Å². The normalized spacial score (nSPS) is 10.2. The highest BCUT2D eigenvalue weighted by Crippen LogP contribution is 2.34. The van der Waals surface area contributed by atoms with Crippen LogP contribution >= 0.6 is 23.2 Å². The van der Waals surface area contributed by atoms with Crippen molar-refractivity contribution in [2.75, 3.05) is 22.4 Å². The van der Waals surface area contributed by atoms with Gasteiger partial charge in [0.1, 0.15) is 23.3 Å². The molecule has 0 aromatic heterocycles. The summed E-state index contributed by atoms with van der Waals surface area (Å²) in [4.78, 5) is 22.5. The van der Waals surface area contributed by atoms with E-state index in [9.17, 15) is 19.8 Å². The number of rotatable bonds is 5. The first-order valence-corrected chi connectivity index (χ1v) is 7.89. The van der Waals surface area contributed by atoms with Gasteiger partial charge in [-0.25, -0.2) is 0 Å². The van der Waals surface area contributed by atoms with Crippen LogP contribution in [-0.4, -0.2) is 33.8 Å². The predicted octanol–water partition coefficient (Wildman–Crippen LogP) is 3.12. The van der Waals surface area contributed by atoms with Crippen LogP contribution in [0, 0.1) is 0 Å². The molecule has 4 N–H and O–H groups in total. The number of benzene rings is 2. The van der Waals surface area contributed by atoms with Gasteiger partial charge in [-0.15, -0.1) is 23.2 Å². The van der Waals surface area contributed by atoms with Crippen LogP contribution in [-0.2, 0) is 9.59 Å². The molecule has 2 amide bonds. The summed E-state index contributed by atoms with van der Waals surface area (Å²) in [5.41, 5.74) is 1.70. The van der Waals surface area contributed by atoms with Crippen molar-refractivity contribution < 1.29 is 19.8 Å². The van der Waals surface area contributed by atoms with Crippen LogP contribution < -0.4 is 10.6 Å². The topological polar surface area (TPSA) is 98.7 Å². The Bertz CT molecular complexity index is 715. The Morgan fingerprint density at radius 2 is 1.17 bits per heavy atom. The largest absolute Gasteiger partial charge is 0.506 e. The SMILES string of the molecule is O=C(CCl)Nc1ccc(-c2ccc(NC(=O)CCl)c(O)c2)cc1O. The Labute approximate surface area is 148 Å². The second kappa shape index (κ2) is 7.90. The van der Waals surface area contributed by atoms with Gasteiger partial charge in [-0.3, -0.25) is 9.59 Å². The molecule has 0 aliphatic rings. The van der Waals surface area contributed by atoms with E-state index in [1.54, 1.807) is 12.1 Å². The summed E-state index contributed by atoms with van der Waals surface area (Å²) in [7, 11) is 0. The smallest absolute Gasteiger partial charge is 0.239 e. The van der Waals surface area contributed by atoms with E-state index in [-0.39, 0.29) is 34.6 Å². The highest BCUT2D eigenvalue weighted by molar-refractivity contribution is 6.29. The molecule has 8 heteroatoms. The van der Waals surface area contributed by atoms with Gasteiger partial charge in [-0.1, -0.05) is 12.1 Å². The van der Waals surface area contributed by atoms with Crippen LogP contribution in [0.4, 0.5) is 11.4 Å². The maximum absolute atomic E-state index is 11.3. The summed E-state index contributed by atoms with van der Waals surface area (Å²) < 4.78 is 0. The molecule has 0 unspecified atom stereocenters. The molecule has 2 rings (SSSR count). The number of alkyl halides is 2. The Kier molecular flexibility index (Phi) is 5.89. The van der Waals surface area contributed by atoms with E-state index >= 15 is 0 Å². The molecule has 2 aromatic rings. The number of hydrogen-bond donors (Lipinski definition) is 4. The number of halogens is 2. The Morgan fingerprint density at radius 1 is 0.792 bits per heavy atom. The number of phenolic OH excluding ortho intramolecular Hbond substituents is 2. The van der Waals surface area contributed by atoms with E-state index < -0.39 is 11.8 Å². The molecule has 24 heavy (non-hydrogen) atoms. The maximum atomic E-state index is 11.3. The molecule has 0 saturated heterocycles. The molecule has 126 valence electrons. The molecule has 0 aliphatic carbocycles. The average Bonchev–Trinajstić information content (AvgIpc) is 2.58. The van der Waals surface area contributed by atoms with Gasteiger partial charge in [0.25, 0.3) is 0 Å². The first-order valence-electron chi connectivity index (χ1n) is 6.82. The molecule has 0 atom stereocenters. The number of anilines is 2. The third-order valence-electron chi connectivity index (χ3n) is 3.12. The molecule has 0 aliphatic heterocycles. The zero-order chi connectivity index (χ0) is 17.7. The molecule has 2 aromatic carbocycles. The lowest BCUT2D eigenvalue weighted by Gasteiger charge is -2.10. The molecule has 0 bridgehead atoms. The number of carbonyl (C=O) groups is 2. The van der Waals surface area contributed by atoms with Gasteiger partial charge in [-0.2, -0.15) is 0 Å². The van der Waals surface area contributed by atoms with Crippen LogP contribution in [0.1, 0.15) is 0 Å². The molecular formula is C16H14Cl2N2O4. The Hall–Kier alpha value is -2.44. The number of amides is 2. The first-order chi connectivity index (χ1) is 11.4. The molecule has 6 nitrogen and oxygen atoms in total. The highest BCUT2D eigenvalue weighted by Gasteiger charge is 2.10. The fourth-order valence-electron chi connectivity index (χ4n) is 2.00. The summed E-state index contributed by atoms with van der Waals surface area (Å²) in [6.07, 6.45) is 0. The van der Waals surface area contributed by atoms with Gasteiger partial charge < -0.3 is 20.8 Å². The maximum Gasteiger partial charge on any atom is 0.239 e. The lowest BCUT2D eigenvalue weighted by molar-refractivity contribution is -0.114. The van der Waals surface area contributed by atoms with Crippen molar-refractivity contribution in [2.24, 2.45) is 0 Å². The molecular weight excluding hydrogens is 355 g/mol. The van der Waals surface area contributed by atoms with Crippen LogP contribution in [0.3, 0.4) is 0 Å². The van der Waals surface area contributed by atoms with Crippen molar-refractivity contribution in [1.82, 2.24) is 0 Å². The number of hydrogen-bond acceptors (Lipinski definition) is 4. The van der Waals surface area contributed by atoms with E-state index in [2.05, 4.69) is 10.6 Å². The van der Waals surface area contributed by atoms with Crippen LogP contribution in [0.5, 0.6) is 11.5 Å². The summed E-state index contributed by atoms with van der Waals surface area (Å²) >= 11 is 10.8. The third-order valence-corrected chi connectivity index (χ3v) is 3.61. The van der Waals surface area contributed by atoms with Gasteiger partial charge >= 0.3 is 0 Å². The number of phenols is 2. The van der Waals surface area contributed by atoms with Gasteiger partial charge in [0.2, 0.25) is 11.8 Å². The first kappa shape index (κ1) is 17.9. The quantitative estimate of drug-likeness (QED) is 0.481. The number of nitrogens with one attached hydrogen (secondary N) is 2. The predicted molar refractivity (Wildman–Crippen MR) is 93.9 cm³/mol. The van der Waals surface area contributed by atoms with E-state index in [1.807, 2.05) is 0 Å². The number of aromatic hydroxyl groups is 2. The van der Waals surface area contributed by atoms with E-state index in [0.29, 0.717) is 11.1 Å². The molecule has 0 spiro atoms. The zero-order valence-electron chi connectivity index (χ0n) is 12.3. The van der Waals surface area contributed by atoms with Crippen molar-refractivity contribution in [1.29, 1.82) is 0 Å². The molecule has 0 radical (unpaired) electrons. The average molecular weight is 369 g/mol. The summed E-state index contributed by atoms with van der Waals surface area (Å²) in [6.45, 7) is 0. The Morgan fingerprint density at radius 3 is 1.46 bits per heavy atom. The fourth-order valence-corrected chi connectivity index (χ4v) is 2.13. The van der Waals surface area contributed by atoms with Crippen LogP contribution in [0.25, 0.3) is 11.1 Å². The zero-order valence-corrected chi connectivity index (χ0v) is 13.9. The lowest BCUT2D eigenvalue weighted by atomic mass is 10.0. The van der Waals surface area contributed by atoms with Gasteiger partial charge in [-0.05, 0) is 35.4 Å². The van der Waals surface area contributed by atoms with Gasteiger partial charge in [0.15, 0.2) is 0 Å².